The molecule has 0 saturated heterocycles. The van der Waals surface area contributed by atoms with Crippen LogP contribution in [0.25, 0.3) is 0 Å². The number of halogens is 2. The van der Waals surface area contributed by atoms with Crippen molar-refractivity contribution in [2.75, 3.05) is 5.75 Å². The van der Waals surface area contributed by atoms with Gasteiger partial charge in [-0.1, -0.05) is 47.1 Å². The predicted octanol–water partition coefficient (Wildman–Crippen LogP) is 5.54. The van der Waals surface area contributed by atoms with E-state index in [1.807, 2.05) is 19.1 Å². The molecule has 4 rings (SSSR count). The van der Waals surface area contributed by atoms with Gasteiger partial charge in [-0.3, -0.25) is 4.79 Å². The van der Waals surface area contributed by atoms with Crippen LogP contribution in [-0.2, 0) is 11.2 Å². The summed E-state index contributed by atoms with van der Waals surface area (Å²) in [6, 6.07) is 9.85. The van der Waals surface area contributed by atoms with E-state index in [1.54, 1.807) is 23.5 Å². The van der Waals surface area contributed by atoms with Gasteiger partial charge in [0.15, 0.2) is 5.16 Å². The zero-order valence-corrected chi connectivity index (χ0v) is 18.9. The highest BCUT2D eigenvalue weighted by molar-refractivity contribution is 7.99. The second-order valence-corrected chi connectivity index (χ2v) is 9.80. The third-order valence-corrected chi connectivity index (χ3v) is 7.27. The molecule has 3 aromatic rings. The number of carbonyl (C=O) groups excluding carboxylic acids is 1. The molecule has 152 valence electrons. The summed E-state index contributed by atoms with van der Waals surface area (Å²) in [6.45, 7) is 1.92. The molecule has 1 aliphatic rings. The lowest BCUT2D eigenvalue weighted by molar-refractivity contribution is -0.119. The van der Waals surface area contributed by atoms with E-state index in [1.165, 1.54) is 16.6 Å². The molecule has 0 unspecified atom stereocenters. The normalized spacial score (nSPS) is 14.7. The van der Waals surface area contributed by atoms with Crippen molar-refractivity contribution in [1.29, 1.82) is 0 Å². The highest BCUT2D eigenvalue weighted by Gasteiger charge is 2.30. The molecular formula is C20H20Cl2N4OS2. The topological polar surface area (TPSA) is 59.8 Å². The molecule has 5 nitrogen and oxygen atoms in total. The summed E-state index contributed by atoms with van der Waals surface area (Å²) in [5.41, 5.74) is 0.914. The van der Waals surface area contributed by atoms with Crippen LogP contribution in [0.15, 0.2) is 40.9 Å². The Morgan fingerprint density at radius 2 is 2.14 bits per heavy atom. The van der Waals surface area contributed by atoms with Crippen LogP contribution in [0.4, 0.5) is 0 Å². The maximum atomic E-state index is 12.5. The average Bonchev–Trinajstić information content (AvgIpc) is 3.25. The molecule has 2 heterocycles. The third-order valence-electron chi connectivity index (χ3n) is 4.71. The summed E-state index contributed by atoms with van der Waals surface area (Å²) >= 11 is 15.2. The highest BCUT2D eigenvalue weighted by Crippen LogP contribution is 2.39. The number of thiophene rings is 1. The fraction of sp³-hybridized carbons (Fsp3) is 0.350. The van der Waals surface area contributed by atoms with Crippen LogP contribution in [0, 0.1) is 0 Å². The molecule has 1 aromatic carbocycles. The summed E-state index contributed by atoms with van der Waals surface area (Å²) in [4.78, 5) is 13.7. The SMILES string of the molecule is C[C@@H](NC(=O)CSc1nnc(Cc2cccs2)n1C1CC1)c1ccc(Cl)c(Cl)c1. The van der Waals surface area contributed by atoms with Gasteiger partial charge in [-0.25, -0.2) is 0 Å². The Hall–Kier alpha value is -1.54. The van der Waals surface area contributed by atoms with E-state index in [9.17, 15) is 4.79 Å². The molecule has 9 heteroatoms. The zero-order valence-electron chi connectivity index (χ0n) is 15.8. The quantitative estimate of drug-likeness (QED) is 0.442. The van der Waals surface area contributed by atoms with E-state index in [2.05, 4.69) is 31.5 Å². The monoisotopic (exact) mass is 466 g/mol. The van der Waals surface area contributed by atoms with Gasteiger partial charge in [-0.2, -0.15) is 0 Å². The molecule has 1 amide bonds. The largest absolute Gasteiger partial charge is 0.349 e. The van der Waals surface area contributed by atoms with E-state index in [0.29, 0.717) is 16.1 Å². The number of nitrogens with zero attached hydrogens (tertiary/aromatic N) is 3. The van der Waals surface area contributed by atoms with Crippen molar-refractivity contribution in [3.05, 3.63) is 62.0 Å². The van der Waals surface area contributed by atoms with Gasteiger partial charge >= 0.3 is 0 Å². The van der Waals surface area contributed by atoms with E-state index in [-0.39, 0.29) is 17.7 Å². The fourth-order valence-electron chi connectivity index (χ4n) is 3.07. The first kappa shape index (κ1) is 20.7. The first-order chi connectivity index (χ1) is 14.0. The Morgan fingerprint density at radius 3 is 2.83 bits per heavy atom. The highest BCUT2D eigenvalue weighted by atomic mass is 35.5. The van der Waals surface area contributed by atoms with Gasteiger partial charge in [-0.15, -0.1) is 21.5 Å². The van der Waals surface area contributed by atoms with Crippen molar-refractivity contribution >= 4 is 52.2 Å². The number of amides is 1. The molecule has 0 radical (unpaired) electrons. The number of carbonyl (C=O) groups is 1. The second-order valence-electron chi connectivity index (χ2n) is 7.01. The Kier molecular flexibility index (Phi) is 6.49. The number of hydrogen-bond acceptors (Lipinski definition) is 5. The Bertz CT molecular complexity index is 1000. The molecule has 1 fully saturated rings. The minimum Gasteiger partial charge on any atom is -0.349 e. The van der Waals surface area contributed by atoms with Crippen LogP contribution in [0.2, 0.25) is 10.0 Å². The number of rotatable bonds is 8. The van der Waals surface area contributed by atoms with Gasteiger partial charge in [-0.05, 0) is 48.9 Å². The number of nitrogens with one attached hydrogen (secondary N) is 1. The number of aromatic nitrogens is 3. The van der Waals surface area contributed by atoms with Crippen molar-refractivity contribution < 1.29 is 4.79 Å². The van der Waals surface area contributed by atoms with Crippen LogP contribution < -0.4 is 5.32 Å². The van der Waals surface area contributed by atoms with Gasteiger partial charge in [0.1, 0.15) is 5.82 Å². The molecule has 1 saturated carbocycles. The summed E-state index contributed by atoms with van der Waals surface area (Å²) < 4.78 is 2.21. The van der Waals surface area contributed by atoms with Gasteiger partial charge in [0.25, 0.3) is 0 Å². The summed E-state index contributed by atoms with van der Waals surface area (Å²) in [5.74, 6) is 1.20. The van der Waals surface area contributed by atoms with Crippen molar-refractivity contribution in [2.45, 2.75) is 43.4 Å². The summed E-state index contributed by atoms with van der Waals surface area (Å²) in [7, 11) is 0. The lowest BCUT2D eigenvalue weighted by atomic mass is 10.1. The number of hydrogen-bond donors (Lipinski definition) is 1. The maximum Gasteiger partial charge on any atom is 0.230 e. The molecule has 29 heavy (non-hydrogen) atoms. The van der Waals surface area contributed by atoms with Crippen LogP contribution in [-0.4, -0.2) is 26.4 Å². The summed E-state index contributed by atoms with van der Waals surface area (Å²) in [5, 5.41) is 15.6. The van der Waals surface area contributed by atoms with Crippen LogP contribution in [0.1, 0.15) is 48.1 Å². The molecular weight excluding hydrogens is 447 g/mol. The van der Waals surface area contributed by atoms with E-state index < -0.39 is 0 Å². The standard InChI is InChI=1S/C20H20Cl2N4OS2/c1-12(13-4-7-16(21)17(22)9-13)23-19(27)11-29-20-25-24-18(26(20)14-5-6-14)10-15-3-2-8-28-15/h2-4,7-9,12,14H,5-6,10-11H2,1H3,(H,23,27)/t12-/m1/s1. The van der Waals surface area contributed by atoms with Gasteiger partial charge < -0.3 is 9.88 Å². The lowest BCUT2D eigenvalue weighted by Gasteiger charge is -2.15. The van der Waals surface area contributed by atoms with E-state index in [0.717, 1.165) is 35.8 Å². The minimum atomic E-state index is -0.159. The lowest BCUT2D eigenvalue weighted by Crippen LogP contribution is -2.28. The Balaban J connectivity index is 1.37. The first-order valence-electron chi connectivity index (χ1n) is 9.34. The maximum absolute atomic E-state index is 12.5. The van der Waals surface area contributed by atoms with E-state index >= 15 is 0 Å². The van der Waals surface area contributed by atoms with Crippen molar-refractivity contribution in [1.82, 2.24) is 20.1 Å². The van der Waals surface area contributed by atoms with Crippen LogP contribution in [0.3, 0.4) is 0 Å². The van der Waals surface area contributed by atoms with Gasteiger partial charge in [0.2, 0.25) is 5.91 Å². The molecule has 1 N–H and O–H groups in total. The Labute approximate surface area is 187 Å². The molecule has 0 bridgehead atoms. The van der Waals surface area contributed by atoms with Crippen molar-refractivity contribution in [3.8, 4) is 0 Å². The Morgan fingerprint density at radius 1 is 1.31 bits per heavy atom. The molecule has 0 aliphatic heterocycles. The van der Waals surface area contributed by atoms with Crippen LogP contribution >= 0.6 is 46.3 Å². The zero-order chi connectivity index (χ0) is 20.4. The third kappa shape index (κ3) is 5.15. The first-order valence-corrected chi connectivity index (χ1v) is 12.0. The smallest absolute Gasteiger partial charge is 0.230 e. The average molecular weight is 467 g/mol. The number of thioether (sulfide) groups is 1. The van der Waals surface area contributed by atoms with E-state index in [4.69, 9.17) is 23.2 Å². The fourth-order valence-corrected chi connectivity index (χ4v) is 4.92. The number of benzene rings is 1. The molecule has 2 aromatic heterocycles. The predicted molar refractivity (Wildman–Crippen MR) is 119 cm³/mol. The molecule has 1 atom stereocenters. The van der Waals surface area contributed by atoms with Crippen molar-refractivity contribution in [3.63, 3.8) is 0 Å². The summed E-state index contributed by atoms with van der Waals surface area (Å²) in [6.07, 6.45) is 3.06. The minimum absolute atomic E-state index is 0.0567. The molecule has 1 aliphatic carbocycles. The second kappa shape index (κ2) is 9.08. The van der Waals surface area contributed by atoms with Gasteiger partial charge in [0.05, 0.1) is 21.8 Å². The van der Waals surface area contributed by atoms with Gasteiger partial charge in [0, 0.05) is 17.3 Å². The van der Waals surface area contributed by atoms with Crippen molar-refractivity contribution in [2.24, 2.45) is 0 Å². The van der Waals surface area contributed by atoms with Crippen LogP contribution in [0.5, 0.6) is 0 Å². The molecule has 0 spiro atoms.